The van der Waals surface area contributed by atoms with Crippen molar-refractivity contribution in [2.75, 3.05) is 5.32 Å². The summed E-state index contributed by atoms with van der Waals surface area (Å²) in [4.78, 5) is 24.6. The third-order valence-electron chi connectivity index (χ3n) is 4.56. The molecule has 0 aliphatic rings. The highest BCUT2D eigenvalue weighted by atomic mass is 19.4. The van der Waals surface area contributed by atoms with Crippen molar-refractivity contribution in [1.82, 2.24) is 14.9 Å². The normalized spacial score (nSPS) is 12.6. The van der Waals surface area contributed by atoms with Gasteiger partial charge < -0.3 is 21.3 Å². The number of amidine groups is 1. The molecule has 2 rings (SSSR count). The third-order valence-corrected chi connectivity index (χ3v) is 4.56. The molecule has 0 aliphatic heterocycles. The molecule has 0 bridgehead atoms. The minimum absolute atomic E-state index is 0.00751. The number of benzene rings is 1. The van der Waals surface area contributed by atoms with Crippen LogP contribution in [0.3, 0.4) is 0 Å². The number of hydrogen-bond acceptors (Lipinski definition) is 8. The number of anilines is 1. The monoisotopic (exact) mass is 507 g/mol. The maximum absolute atomic E-state index is 13.1. The standard InChI is InChI=1S/C22H24F3N7O4/c1-4-5-6-18(35)13(3)32-17(9-15(29-32)10-31(27)30-21(26)22(23,24)25)20(36)28-19-12(2)7-16(34)8-14(19)11-33/h4-9,11,34-35H,3,10,27H2,1-2H3,(H2,26,30)(H,28,36)/b5-4-,18-6+. The Balaban J connectivity index is 2.51. The number of aliphatic hydroxyl groups is 1. The lowest BCUT2D eigenvalue weighted by atomic mass is 10.1. The number of alkyl halides is 3. The van der Waals surface area contributed by atoms with Crippen molar-refractivity contribution in [2.45, 2.75) is 26.6 Å². The van der Waals surface area contributed by atoms with Crippen molar-refractivity contribution >= 4 is 29.4 Å². The lowest BCUT2D eigenvalue weighted by Gasteiger charge is -2.13. The summed E-state index contributed by atoms with van der Waals surface area (Å²) in [5.74, 6) is 2.44. The van der Waals surface area contributed by atoms with Crippen LogP contribution in [0.15, 0.2) is 53.9 Å². The number of phenols is 1. The van der Waals surface area contributed by atoms with Crippen LogP contribution in [0.5, 0.6) is 5.75 Å². The van der Waals surface area contributed by atoms with Crippen molar-refractivity contribution in [3.05, 3.63) is 71.3 Å². The van der Waals surface area contributed by atoms with Gasteiger partial charge in [0.05, 0.1) is 17.9 Å². The Morgan fingerprint density at radius 2 is 2.03 bits per heavy atom. The number of hydrazone groups is 1. The van der Waals surface area contributed by atoms with Gasteiger partial charge in [0.15, 0.2) is 6.29 Å². The number of aliphatic hydroxyl groups excluding tert-OH is 1. The van der Waals surface area contributed by atoms with Gasteiger partial charge in [0.1, 0.15) is 22.9 Å². The molecule has 0 fully saturated rings. The number of nitrogens with zero attached hydrogens (tertiary/aromatic N) is 4. The number of aryl methyl sites for hydroxylation is 1. The van der Waals surface area contributed by atoms with Crippen LogP contribution in [0.25, 0.3) is 5.70 Å². The van der Waals surface area contributed by atoms with Crippen molar-refractivity contribution in [1.29, 1.82) is 0 Å². The average Bonchev–Trinajstić information content (AvgIpc) is 3.21. The Bertz CT molecular complexity index is 1260. The minimum atomic E-state index is -4.90. The fourth-order valence-electron chi connectivity index (χ4n) is 2.90. The van der Waals surface area contributed by atoms with E-state index in [0.717, 1.165) is 10.7 Å². The first-order valence-corrected chi connectivity index (χ1v) is 10.1. The fourth-order valence-corrected chi connectivity index (χ4v) is 2.90. The largest absolute Gasteiger partial charge is 0.508 e. The molecule has 0 spiro atoms. The first-order valence-electron chi connectivity index (χ1n) is 10.1. The van der Waals surface area contributed by atoms with Gasteiger partial charge in [0.25, 0.3) is 5.91 Å². The molecule has 1 heterocycles. The minimum Gasteiger partial charge on any atom is -0.508 e. The summed E-state index contributed by atoms with van der Waals surface area (Å²) >= 11 is 0. The molecule has 11 nitrogen and oxygen atoms in total. The van der Waals surface area contributed by atoms with Crippen LogP contribution in [0.1, 0.15) is 39.0 Å². The van der Waals surface area contributed by atoms with Crippen molar-refractivity contribution in [3.8, 4) is 5.75 Å². The van der Waals surface area contributed by atoms with Gasteiger partial charge in [-0.25, -0.2) is 15.6 Å². The number of halogens is 3. The highest BCUT2D eigenvalue weighted by Gasteiger charge is 2.34. The molecule has 2 aromatic rings. The second-order valence-electron chi connectivity index (χ2n) is 7.34. The first kappa shape index (κ1) is 27.7. The van der Waals surface area contributed by atoms with Crippen molar-refractivity contribution in [2.24, 2.45) is 16.7 Å². The van der Waals surface area contributed by atoms with Gasteiger partial charge in [-0.1, -0.05) is 18.7 Å². The van der Waals surface area contributed by atoms with Gasteiger partial charge in [0.2, 0.25) is 5.84 Å². The molecule has 0 saturated carbocycles. The molecule has 1 aromatic carbocycles. The van der Waals surface area contributed by atoms with E-state index in [1.807, 2.05) is 0 Å². The van der Waals surface area contributed by atoms with Crippen molar-refractivity contribution < 1.29 is 33.0 Å². The zero-order valence-corrected chi connectivity index (χ0v) is 19.2. The molecule has 0 aliphatic carbocycles. The number of aromatic hydroxyl groups is 1. The lowest BCUT2D eigenvalue weighted by molar-refractivity contribution is -0.0615. The molecule has 192 valence electrons. The number of aldehydes is 1. The van der Waals surface area contributed by atoms with E-state index in [9.17, 15) is 33.0 Å². The zero-order chi connectivity index (χ0) is 27.2. The average molecular weight is 507 g/mol. The molecule has 36 heavy (non-hydrogen) atoms. The second kappa shape index (κ2) is 11.2. The van der Waals surface area contributed by atoms with E-state index < -0.39 is 24.5 Å². The lowest BCUT2D eigenvalue weighted by Crippen LogP contribution is -2.36. The summed E-state index contributed by atoms with van der Waals surface area (Å²) in [5, 5.41) is 30.0. The number of rotatable bonds is 9. The SMILES string of the molecule is C=C(/C(O)=C\C=C/C)n1nc(CN(N)/N=C(\N)C(F)(F)F)cc1C(=O)Nc1c(C)cc(O)cc1C=O. The summed E-state index contributed by atoms with van der Waals surface area (Å²) in [6.45, 7) is 6.44. The van der Waals surface area contributed by atoms with Crippen LogP contribution < -0.4 is 16.9 Å². The molecule has 1 aromatic heterocycles. The number of allylic oxidation sites excluding steroid dienone is 4. The highest BCUT2D eigenvalue weighted by molar-refractivity contribution is 6.06. The smallest absolute Gasteiger partial charge is 0.450 e. The molecule has 0 radical (unpaired) electrons. The maximum Gasteiger partial charge on any atom is 0.450 e. The van der Waals surface area contributed by atoms with E-state index in [0.29, 0.717) is 17.0 Å². The molecule has 0 atom stereocenters. The third kappa shape index (κ3) is 6.73. The predicted octanol–water partition coefficient (Wildman–Crippen LogP) is 2.96. The molecule has 7 N–H and O–H groups in total. The number of carbonyl (C=O) groups excluding carboxylic acids is 2. The number of hydrazine groups is 1. The van der Waals surface area contributed by atoms with Gasteiger partial charge in [0, 0.05) is 5.56 Å². The molecule has 1 amide bonds. The van der Waals surface area contributed by atoms with E-state index in [-0.39, 0.29) is 39.8 Å². The number of aromatic nitrogens is 2. The van der Waals surface area contributed by atoms with Crippen molar-refractivity contribution in [3.63, 3.8) is 0 Å². The number of phenolic OH excluding ortho intramolecular Hbond substituents is 1. The molecule has 0 saturated heterocycles. The summed E-state index contributed by atoms with van der Waals surface area (Å²) < 4.78 is 38.9. The van der Waals surface area contributed by atoms with Gasteiger partial charge in [-0.3, -0.25) is 9.59 Å². The summed E-state index contributed by atoms with van der Waals surface area (Å²) in [7, 11) is 0. The topological polar surface area (TPSA) is 172 Å². The maximum atomic E-state index is 13.1. The van der Waals surface area contributed by atoms with Crippen LogP contribution in [0, 0.1) is 6.92 Å². The van der Waals surface area contributed by atoms with E-state index >= 15 is 0 Å². The fraction of sp³-hybridized carbons (Fsp3) is 0.182. The van der Waals surface area contributed by atoms with Crippen LogP contribution in [0.2, 0.25) is 0 Å². The quantitative estimate of drug-likeness (QED) is 0.0504. The summed E-state index contributed by atoms with van der Waals surface area (Å²) in [6, 6.07) is 3.66. The predicted molar refractivity (Wildman–Crippen MR) is 127 cm³/mol. The van der Waals surface area contributed by atoms with Gasteiger partial charge >= 0.3 is 6.18 Å². The number of nitrogens with one attached hydrogen (secondary N) is 1. The number of amides is 1. The molecule has 0 unspecified atom stereocenters. The Kier molecular flexibility index (Phi) is 8.62. The number of hydrogen-bond donors (Lipinski definition) is 5. The Morgan fingerprint density at radius 1 is 1.36 bits per heavy atom. The van der Waals surface area contributed by atoms with E-state index in [1.54, 1.807) is 19.9 Å². The van der Waals surface area contributed by atoms with Crippen LogP contribution in [0.4, 0.5) is 18.9 Å². The number of nitrogens with two attached hydrogens (primary N) is 2. The van der Waals surface area contributed by atoms with Gasteiger partial charge in [-0.15, -0.1) is 5.10 Å². The van der Waals surface area contributed by atoms with E-state index in [2.05, 4.69) is 22.1 Å². The summed E-state index contributed by atoms with van der Waals surface area (Å²) in [6.07, 6.45) is -0.0703. The Morgan fingerprint density at radius 3 is 2.61 bits per heavy atom. The van der Waals surface area contributed by atoms with Crippen LogP contribution in [-0.4, -0.2) is 49.3 Å². The highest BCUT2D eigenvalue weighted by Crippen LogP contribution is 2.26. The molecular formula is C22H24F3N7O4. The molecule has 14 heteroatoms. The Labute approximate surface area is 203 Å². The number of carbonyl (C=O) groups is 2. The van der Waals surface area contributed by atoms with E-state index in [1.165, 1.54) is 24.3 Å². The van der Waals surface area contributed by atoms with Crippen LogP contribution >= 0.6 is 0 Å². The second-order valence-corrected chi connectivity index (χ2v) is 7.34. The van der Waals surface area contributed by atoms with Crippen LogP contribution in [-0.2, 0) is 6.54 Å². The van der Waals surface area contributed by atoms with Gasteiger partial charge in [-0.2, -0.15) is 18.3 Å². The molecular weight excluding hydrogens is 483 g/mol. The summed E-state index contributed by atoms with van der Waals surface area (Å²) in [5.41, 5.74) is 4.95. The van der Waals surface area contributed by atoms with Gasteiger partial charge in [-0.05, 0) is 43.7 Å². The Hall–Kier alpha value is -4.59. The zero-order valence-electron chi connectivity index (χ0n) is 19.2. The van der Waals surface area contributed by atoms with E-state index in [4.69, 9.17) is 11.6 Å². The first-order chi connectivity index (χ1) is 16.8.